The molecule has 88 valence electrons. The Kier molecular flexibility index (Phi) is 4.51. The van der Waals surface area contributed by atoms with E-state index in [0.717, 1.165) is 0 Å². The Hall–Kier alpha value is -1.34. The molecule has 6 nitrogen and oxygen atoms in total. The van der Waals surface area contributed by atoms with E-state index in [1.807, 2.05) is 6.92 Å². The Morgan fingerprint density at radius 3 is 2.81 bits per heavy atom. The minimum atomic E-state index is -0.479. The highest BCUT2D eigenvalue weighted by molar-refractivity contribution is 8.00. The number of oxime groups is 1. The molecule has 1 heterocycles. The Labute approximate surface area is 97.6 Å². The molecule has 0 fully saturated rings. The zero-order chi connectivity index (χ0) is 12.1. The number of thioether (sulfide) groups is 1. The maximum absolute atomic E-state index is 9.39. The molecule has 0 bridgehead atoms. The van der Waals surface area contributed by atoms with Crippen molar-refractivity contribution in [3.63, 3.8) is 0 Å². The predicted molar refractivity (Wildman–Crippen MR) is 61.5 cm³/mol. The lowest BCUT2D eigenvalue weighted by atomic mass is 10.3. The van der Waals surface area contributed by atoms with Gasteiger partial charge in [0.15, 0.2) is 5.84 Å². The average Bonchev–Trinajstić information content (AvgIpc) is 2.28. The number of amidine groups is 1. The molecule has 0 spiro atoms. The molecule has 0 radical (unpaired) electrons. The molecule has 0 aliphatic heterocycles. The second kappa shape index (κ2) is 5.66. The van der Waals surface area contributed by atoms with Gasteiger partial charge in [0, 0.05) is 5.25 Å². The Morgan fingerprint density at radius 2 is 2.25 bits per heavy atom. The number of nitrogens with zero attached hydrogens (tertiary/aromatic N) is 3. The van der Waals surface area contributed by atoms with Gasteiger partial charge >= 0.3 is 0 Å². The molecular weight excluding hydrogens is 228 g/mol. The van der Waals surface area contributed by atoms with Crippen molar-refractivity contribution >= 4 is 17.6 Å². The Balaban J connectivity index is 2.96. The van der Waals surface area contributed by atoms with Crippen molar-refractivity contribution in [3.8, 4) is 0 Å². The predicted octanol–water partition coefficient (Wildman–Crippen LogP) is 0.432. The minimum Gasteiger partial charge on any atom is -0.409 e. The van der Waals surface area contributed by atoms with E-state index in [0.29, 0.717) is 10.6 Å². The van der Waals surface area contributed by atoms with Crippen LogP contribution in [0.4, 0.5) is 0 Å². The minimum absolute atomic E-state index is 0.0183. The summed E-state index contributed by atoms with van der Waals surface area (Å²) in [5, 5.41) is 29.0. The van der Waals surface area contributed by atoms with E-state index in [-0.39, 0.29) is 11.1 Å². The van der Waals surface area contributed by atoms with Crippen LogP contribution in [0.2, 0.25) is 0 Å². The summed E-state index contributed by atoms with van der Waals surface area (Å²) in [7, 11) is 0. The summed E-state index contributed by atoms with van der Waals surface area (Å²) < 4.78 is 0. The summed E-state index contributed by atoms with van der Waals surface area (Å²) in [6.45, 7) is 3.55. The molecule has 1 rings (SSSR count). The summed E-state index contributed by atoms with van der Waals surface area (Å²) in [4.78, 5) is 0. The van der Waals surface area contributed by atoms with Crippen molar-refractivity contribution in [2.24, 2.45) is 10.9 Å². The van der Waals surface area contributed by atoms with Crippen LogP contribution in [0.5, 0.6) is 0 Å². The average molecular weight is 242 g/mol. The second-order valence-electron chi connectivity index (χ2n) is 3.30. The van der Waals surface area contributed by atoms with Crippen molar-refractivity contribution in [2.75, 3.05) is 0 Å². The molecule has 1 aromatic rings. The fraction of sp³-hybridized carbons (Fsp3) is 0.444. The number of aliphatic hydroxyl groups excluding tert-OH is 1. The van der Waals surface area contributed by atoms with Gasteiger partial charge in [0.25, 0.3) is 0 Å². The molecule has 0 amide bonds. The molecule has 2 atom stereocenters. The maximum atomic E-state index is 9.39. The lowest BCUT2D eigenvalue weighted by molar-refractivity contribution is 0.196. The Bertz CT molecular complexity index is 384. The first-order valence-electron chi connectivity index (χ1n) is 4.70. The Morgan fingerprint density at radius 1 is 1.56 bits per heavy atom. The summed E-state index contributed by atoms with van der Waals surface area (Å²) in [5.41, 5.74) is 6.01. The van der Waals surface area contributed by atoms with E-state index in [2.05, 4.69) is 15.4 Å². The van der Waals surface area contributed by atoms with Crippen LogP contribution in [0, 0.1) is 0 Å². The van der Waals surface area contributed by atoms with E-state index in [9.17, 15) is 5.11 Å². The number of aromatic nitrogens is 2. The van der Waals surface area contributed by atoms with Crippen molar-refractivity contribution in [3.05, 3.63) is 17.8 Å². The molecule has 0 aromatic carbocycles. The van der Waals surface area contributed by atoms with Crippen LogP contribution in [-0.4, -0.2) is 37.7 Å². The lowest BCUT2D eigenvalue weighted by Gasteiger charge is -2.14. The first-order valence-corrected chi connectivity index (χ1v) is 5.58. The van der Waals surface area contributed by atoms with E-state index in [4.69, 9.17) is 10.9 Å². The van der Waals surface area contributed by atoms with E-state index in [1.54, 1.807) is 13.0 Å². The van der Waals surface area contributed by atoms with Crippen LogP contribution in [0.1, 0.15) is 19.4 Å². The largest absolute Gasteiger partial charge is 0.409 e. The SMILES string of the molecule is CC(O)C(C)Sc1nnccc1/C(N)=N/O. The first-order chi connectivity index (χ1) is 7.56. The number of hydrogen-bond donors (Lipinski definition) is 3. The van der Waals surface area contributed by atoms with Gasteiger partial charge in [0.2, 0.25) is 0 Å². The van der Waals surface area contributed by atoms with Crippen molar-refractivity contribution < 1.29 is 10.3 Å². The molecule has 16 heavy (non-hydrogen) atoms. The van der Waals surface area contributed by atoms with Gasteiger partial charge in [-0.3, -0.25) is 0 Å². The third-order valence-electron chi connectivity index (χ3n) is 2.05. The van der Waals surface area contributed by atoms with Crippen LogP contribution in [-0.2, 0) is 0 Å². The second-order valence-corrected chi connectivity index (χ2v) is 4.66. The van der Waals surface area contributed by atoms with E-state index in [1.165, 1.54) is 18.0 Å². The smallest absolute Gasteiger partial charge is 0.172 e. The highest BCUT2D eigenvalue weighted by atomic mass is 32.2. The third kappa shape index (κ3) is 3.07. The summed E-state index contributed by atoms with van der Waals surface area (Å²) in [6.07, 6.45) is 0.983. The zero-order valence-electron chi connectivity index (χ0n) is 9.03. The van der Waals surface area contributed by atoms with Crippen LogP contribution in [0.25, 0.3) is 0 Å². The zero-order valence-corrected chi connectivity index (χ0v) is 9.85. The molecule has 0 saturated carbocycles. The van der Waals surface area contributed by atoms with Crippen LogP contribution < -0.4 is 5.73 Å². The lowest BCUT2D eigenvalue weighted by Crippen LogP contribution is -2.19. The number of nitrogens with two attached hydrogens (primary N) is 1. The van der Waals surface area contributed by atoms with Gasteiger partial charge in [0.1, 0.15) is 5.03 Å². The van der Waals surface area contributed by atoms with Crippen molar-refractivity contribution in [2.45, 2.75) is 30.2 Å². The molecule has 4 N–H and O–H groups in total. The van der Waals surface area contributed by atoms with Crippen LogP contribution >= 0.6 is 11.8 Å². The van der Waals surface area contributed by atoms with Gasteiger partial charge in [-0.25, -0.2) is 0 Å². The van der Waals surface area contributed by atoms with E-state index >= 15 is 0 Å². The summed E-state index contributed by atoms with van der Waals surface area (Å²) in [6, 6.07) is 1.61. The van der Waals surface area contributed by atoms with Crippen molar-refractivity contribution in [1.29, 1.82) is 0 Å². The fourth-order valence-corrected chi connectivity index (χ4v) is 1.87. The van der Waals surface area contributed by atoms with Crippen molar-refractivity contribution in [1.82, 2.24) is 10.2 Å². The van der Waals surface area contributed by atoms with Gasteiger partial charge in [-0.15, -0.1) is 5.10 Å². The molecule has 1 aromatic heterocycles. The molecule has 0 saturated heterocycles. The van der Waals surface area contributed by atoms with Gasteiger partial charge < -0.3 is 16.0 Å². The quantitative estimate of drug-likeness (QED) is 0.232. The maximum Gasteiger partial charge on any atom is 0.172 e. The molecule has 0 aliphatic carbocycles. The normalized spacial score (nSPS) is 15.8. The highest BCUT2D eigenvalue weighted by Gasteiger charge is 2.16. The number of aliphatic hydroxyl groups is 1. The third-order valence-corrected chi connectivity index (χ3v) is 3.34. The van der Waals surface area contributed by atoms with Gasteiger partial charge in [0.05, 0.1) is 17.9 Å². The van der Waals surface area contributed by atoms with Crippen LogP contribution in [0.3, 0.4) is 0 Å². The molecule has 0 aliphatic rings. The topological polar surface area (TPSA) is 105 Å². The number of hydrogen-bond acceptors (Lipinski definition) is 6. The van der Waals surface area contributed by atoms with E-state index < -0.39 is 6.10 Å². The molecule has 2 unspecified atom stereocenters. The molecule has 7 heteroatoms. The summed E-state index contributed by atoms with van der Waals surface area (Å²) in [5.74, 6) is -0.0183. The van der Waals surface area contributed by atoms with Crippen LogP contribution in [0.15, 0.2) is 22.4 Å². The molecular formula is C9H14N4O2S. The monoisotopic (exact) mass is 242 g/mol. The van der Waals surface area contributed by atoms with Gasteiger partial charge in [-0.1, -0.05) is 23.8 Å². The summed E-state index contributed by atoms with van der Waals surface area (Å²) >= 11 is 1.33. The van der Waals surface area contributed by atoms with Gasteiger partial charge in [-0.05, 0) is 13.0 Å². The standard InChI is InChI=1S/C9H14N4O2S/c1-5(14)6(2)16-9-7(8(10)13-15)3-4-11-12-9/h3-6,14-15H,1-2H3,(H2,10,13). The fourth-order valence-electron chi connectivity index (χ4n) is 0.929. The first kappa shape index (κ1) is 12.7. The number of rotatable bonds is 4. The van der Waals surface area contributed by atoms with Gasteiger partial charge in [-0.2, -0.15) is 5.10 Å². The highest BCUT2D eigenvalue weighted by Crippen LogP contribution is 2.25.